The molecule has 0 aliphatic heterocycles. The second-order valence-electron chi connectivity index (χ2n) is 5.44. The van der Waals surface area contributed by atoms with Crippen LogP contribution in [-0.2, 0) is 16.0 Å². The van der Waals surface area contributed by atoms with Crippen LogP contribution in [0.4, 0.5) is 0 Å². The normalized spacial score (nSPS) is 10.4. The lowest BCUT2D eigenvalue weighted by molar-refractivity contribution is -0.131. The van der Waals surface area contributed by atoms with Gasteiger partial charge in [-0.25, -0.2) is 0 Å². The highest BCUT2D eigenvalue weighted by atomic mass is 16.5. The number of rotatable bonds is 11. The highest BCUT2D eigenvalue weighted by Gasteiger charge is 2.18. The van der Waals surface area contributed by atoms with Gasteiger partial charge in [0.25, 0.3) is 0 Å². The van der Waals surface area contributed by atoms with Gasteiger partial charge >= 0.3 is 0 Å². The molecule has 24 heavy (non-hydrogen) atoms. The SMILES string of the molecule is CCCCN(CCOC)C(=O)Cc1cc(OC)c(OC)c(OC)c1. The van der Waals surface area contributed by atoms with Gasteiger partial charge in [0.15, 0.2) is 11.5 Å². The minimum Gasteiger partial charge on any atom is -0.493 e. The van der Waals surface area contributed by atoms with Crippen molar-refractivity contribution in [1.82, 2.24) is 4.90 Å². The van der Waals surface area contributed by atoms with Gasteiger partial charge in [0.1, 0.15) is 0 Å². The Balaban J connectivity index is 2.93. The Labute approximate surface area is 144 Å². The summed E-state index contributed by atoms with van der Waals surface area (Å²) in [6.07, 6.45) is 2.30. The molecular weight excluding hydrogens is 310 g/mol. The second-order valence-corrected chi connectivity index (χ2v) is 5.44. The fourth-order valence-corrected chi connectivity index (χ4v) is 2.44. The van der Waals surface area contributed by atoms with Crippen LogP contribution in [0.2, 0.25) is 0 Å². The number of ether oxygens (including phenoxy) is 4. The first-order valence-electron chi connectivity index (χ1n) is 8.16. The second kappa shape index (κ2) is 10.8. The lowest BCUT2D eigenvalue weighted by Gasteiger charge is -2.22. The van der Waals surface area contributed by atoms with Crippen LogP contribution in [0.5, 0.6) is 17.2 Å². The Bertz CT molecular complexity index is 485. The van der Waals surface area contributed by atoms with Gasteiger partial charge < -0.3 is 23.8 Å². The van der Waals surface area contributed by atoms with Crippen LogP contribution in [0.3, 0.4) is 0 Å². The Kier molecular flexibility index (Phi) is 9.01. The molecule has 0 aromatic heterocycles. The predicted molar refractivity (Wildman–Crippen MR) is 93.2 cm³/mol. The average Bonchev–Trinajstić information content (AvgIpc) is 2.60. The number of unbranched alkanes of at least 4 members (excludes halogenated alkanes) is 1. The van der Waals surface area contributed by atoms with Crippen LogP contribution in [0.15, 0.2) is 12.1 Å². The summed E-state index contributed by atoms with van der Waals surface area (Å²) in [5.74, 6) is 1.70. The zero-order chi connectivity index (χ0) is 17.9. The Morgan fingerprint density at radius 3 is 2.08 bits per heavy atom. The van der Waals surface area contributed by atoms with Crippen LogP contribution in [0.25, 0.3) is 0 Å². The van der Waals surface area contributed by atoms with Gasteiger partial charge in [0.2, 0.25) is 11.7 Å². The molecule has 1 aromatic rings. The van der Waals surface area contributed by atoms with E-state index in [9.17, 15) is 4.79 Å². The number of hydrogen-bond donors (Lipinski definition) is 0. The summed E-state index contributed by atoms with van der Waals surface area (Å²) in [6.45, 7) is 3.98. The van der Waals surface area contributed by atoms with Gasteiger partial charge in [0, 0.05) is 20.2 Å². The van der Waals surface area contributed by atoms with Crippen LogP contribution in [0.1, 0.15) is 25.3 Å². The first-order valence-corrected chi connectivity index (χ1v) is 8.16. The van der Waals surface area contributed by atoms with Crippen molar-refractivity contribution >= 4 is 5.91 Å². The van der Waals surface area contributed by atoms with Crippen molar-refractivity contribution in [2.75, 3.05) is 48.1 Å². The molecule has 0 aliphatic rings. The Hall–Kier alpha value is -1.95. The third-order valence-electron chi connectivity index (χ3n) is 3.78. The highest BCUT2D eigenvalue weighted by molar-refractivity contribution is 5.79. The van der Waals surface area contributed by atoms with Crippen molar-refractivity contribution in [3.8, 4) is 17.2 Å². The molecule has 0 bridgehead atoms. The Morgan fingerprint density at radius 2 is 1.62 bits per heavy atom. The molecule has 0 unspecified atom stereocenters. The van der Waals surface area contributed by atoms with Gasteiger partial charge in [-0.1, -0.05) is 13.3 Å². The first kappa shape index (κ1) is 20.1. The highest BCUT2D eigenvalue weighted by Crippen LogP contribution is 2.38. The van der Waals surface area contributed by atoms with Crippen molar-refractivity contribution in [1.29, 1.82) is 0 Å². The molecule has 136 valence electrons. The van der Waals surface area contributed by atoms with E-state index in [2.05, 4.69) is 6.92 Å². The number of amides is 1. The molecular formula is C18H29NO5. The quantitative estimate of drug-likeness (QED) is 0.620. The van der Waals surface area contributed by atoms with E-state index in [-0.39, 0.29) is 12.3 Å². The fraction of sp³-hybridized carbons (Fsp3) is 0.611. The molecule has 0 saturated heterocycles. The molecule has 0 atom stereocenters. The standard InChI is InChI=1S/C18H29NO5/c1-6-7-8-19(9-10-21-2)17(20)13-14-11-15(22-3)18(24-5)16(12-14)23-4/h11-12H,6-10,13H2,1-5H3. The zero-order valence-electron chi connectivity index (χ0n) is 15.4. The van der Waals surface area contributed by atoms with Crippen LogP contribution in [0, 0.1) is 0 Å². The lowest BCUT2D eigenvalue weighted by Crippen LogP contribution is -2.35. The average molecular weight is 339 g/mol. The van der Waals surface area contributed by atoms with Gasteiger partial charge in [0.05, 0.1) is 34.4 Å². The van der Waals surface area contributed by atoms with Gasteiger partial charge in [-0.15, -0.1) is 0 Å². The molecule has 0 heterocycles. The summed E-state index contributed by atoms with van der Waals surface area (Å²) in [6, 6.07) is 3.63. The molecule has 0 aliphatic carbocycles. The summed E-state index contributed by atoms with van der Waals surface area (Å²) >= 11 is 0. The number of carbonyl (C=O) groups is 1. The maximum absolute atomic E-state index is 12.6. The molecule has 0 spiro atoms. The summed E-state index contributed by atoms with van der Waals surface area (Å²) in [5, 5.41) is 0. The smallest absolute Gasteiger partial charge is 0.227 e. The van der Waals surface area contributed by atoms with Crippen molar-refractivity contribution in [3.05, 3.63) is 17.7 Å². The fourth-order valence-electron chi connectivity index (χ4n) is 2.44. The van der Waals surface area contributed by atoms with Crippen molar-refractivity contribution in [2.45, 2.75) is 26.2 Å². The third kappa shape index (κ3) is 5.60. The van der Waals surface area contributed by atoms with Crippen LogP contribution < -0.4 is 14.2 Å². The summed E-state index contributed by atoms with van der Waals surface area (Å²) in [7, 11) is 6.33. The number of hydrogen-bond acceptors (Lipinski definition) is 5. The van der Waals surface area contributed by atoms with Gasteiger partial charge in [-0.05, 0) is 24.1 Å². The summed E-state index contributed by atoms with van der Waals surface area (Å²) in [5.41, 5.74) is 0.827. The predicted octanol–water partition coefficient (Wildman–Crippen LogP) is 2.53. The molecule has 6 nitrogen and oxygen atoms in total. The maximum atomic E-state index is 12.6. The van der Waals surface area contributed by atoms with E-state index < -0.39 is 0 Å². The van der Waals surface area contributed by atoms with E-state index in [1.807, 2.05) is 17.0 Å². The van der Waals surface area contributed by atoms with Crippen LogP contribution in [-0.4, -0.2) is 58.9 Å². The number of carbonyl (C=O) groups excluding carboxylic acids is 1. The minimum atomic E-state index is 0.0646. The van der Waals surface area contributed by atoms with Gasteiger partial charge in [-0.2, -0.15) is 0 Å². The van der Waals surface area contributed by atoms with E-state index in [4.69, 9.17) is 18.9 Å². The van der Waals surface area contributed by atoms with Crippen molar-refractivity contribution in [3.63, 3.8) is 0 Å². The van der Waals surface area contributed by atoms with Crippen molar-refractivity contribution < 1.29 is 23.7 Å². The van der Waals surface area contributed by atoms with E-state index in [1.54, 1.807) is 28.4 Å². The molecule has 0 N–H and O–H groups in total. The molecule has 6 heteroatoms. The van der Waals surface area contributed by atoms with Crippen LogP contribution >= 0.6 is 0 Å². The number of methoxy groups -OCH3 is 4. The van der Waals surface area contributed by atoms with E-state index in [0.717, 1.165) is 24.9 Å². The van der Waals surface area contributed by atoms with E-state index >= 15 is 0 Å². The Morgan fingerprint density at radius 1 is 1.00 bits per heavy atom. The molecule has 1 amide bonds. The monoisotopic (exact) mass is 339 g/mol. The summed E-state index contributed by atoms with van der Waals surface area (Å²) in [4.78, 5) is 14.5. The molecule has 0 radical (unpaired) electrons. The summed E-state index contributed by atoms with van der Waals surface area (Å²) < 4.78 is 21.1. The van der Waals surface area contributed by atoms with E-state index in [0.29, 0.717) is 30.4 Å². The zero-order valence-corrected chi connectivity index (χ0v) is 15.4. The third-order valence-corrected chi connectivity index (χ3v) is 3.78. The van der Waals surface area contributed by atoms with E-state index in [1.165, 1.54) is 0 Å². The largest absolute Gasteiger partial charge is 0.493 e. The molecule has 0 fully saturated rings. The first-order chi connectivity index (χ1) is 11.6. The maximum Gasteiger partial charge on any atom is 0.227 e. The topological polar surface area (TPSA) is 57.2 Å². The molecule has 0 saturated carbocycles. The number of benzene rings is 1. The van der Waals surface area contributed by atoms with Crippen molar-refractivity contribution in [2.24, 2.45) is 0 Å². The molecule has 1 rings (SSSR count). The molecule has 1 aromatic carbocycles. The lowest BCUT2D eigenvalue weighted by atomic mass is 10.1. The minimum absolute atomic E-state index is 0.0646. The number of nitrogens with zero attached hydrogens (tertiary/aromatic N) is 1. The van der Waals surface area contributed by atoms with Gasteiger partial charge in [-0.3, -0.25) is 4.79 Å².